The second-order valence-electron chi connectivity index (χ2n) is 6.37. The van der Waals surface area contributed by atoms with Crippen LogP contribution in [0.1, 0.15) is 33.3 Å². The Morgan fingerprint density at radius 3 is 2.18 bits per heavy atom. The van der Waals surface area contributed by atoms with Crippen LogP contribution in [0.25, 0.3) is 0 Å². The monoisotopic (exact) mass is 317 g/mol. The Morgan fingerprint density at radius 1 is 1.18 bits per heavy atom. The van der Waals surface area contributed by atoms with Crippen molar-refractivity contribution in [3.05, 3.63) is 17.8 Å². The molecular formula is C14H19BF3NO3. The molecule has 1 saturated heterocycles. The second-order valence-corrected chi connectivity index (χ2v) is 6.37. The van der Waals surface area contributed by atoms with Crippen molar-refractivity contribution in [1.29, 1.82) is 0 Å². The third-order valence-corrected chi connectivity index (χ3v) is 4.02. The van der Waals surface area contributed by atoms with Crippen LogP contribution in [0.3, 0.4) is 0 Å². The van der Waals surface area contributed by atoms with E-state index < -0.39 is 31.1 Å². The minimum Gasteiger partial charge on any atom is -0.468 e. The lowest BCUT2D eigenvalue weighted by molar-refractivity contribution is -0.154. The summed E-state index contributed by atoms with van der Waals surface area (Å²) in [4.78, 5) is 3.90. The fraction of sp³-hybridized carbons (Fsp3) is 0.643. The maximum atomic E-state index is 12.1. The molecule has 0 spiro atoms. The van der Waals surface area contributed by atoms with Gasteiger partial charge in [-0.15, -0.1) is 0 Å². The van der Waals surface area contributed by atoms with Gasteiger partial charge in [-0.05, 0) is 40.2 Å². The van der Waals surface area contributed by atoms with Crippen molar-refractivity contribution in [3.8, 4) is 5.88 Å². The maximum absolute atomic E-state index is 12.1. The second kappa shape index (κ2) is 5.42. The van der Waals surface area contributed by atoms with E-state index in [4.69, 9.17) is 9.31 Å². The Labute approximate surface area is 128 Å². The molecule has 1 fully saturated rings. The Balaban J connectivity index is 2.14. The molecule has 1 aliphatic rings. The molecule has 8 heteroatoms. The standard InChI is InChI=1S/C14H19BF3NO3/c1-9-6-11(20-8-14(16,17)18)19-7-10(9)15-21-12(2,3)13(4,5)22-15/h6-7H,8H2,1-5H3. The van der Waals surface area contributed by atoms with Crippen molar-refractivity contribution in [1.82, 2.24) is 4.98 Å². The van der Waals surface area contributed by atoms with Crippen molar-refractivity contribution in [2.24, 2.45) is 0 Å². The van der Waals surface area contributed by atoms with Crippen LogP contribution in [-0.4, -0.2) is 36.1 Å². The van der Waals surface area contributed by atoms with Crippen LogP contribution >= 0.6 is 0 Å². The average molecular weight is 317 g/mol. The molecule has 1 aromatic heterocycles. The van der Waals surface area contributed by atoms with E-state index in [2.05, 4.69) is 9.72 Å². The van der Waals surface area contributed by atoms with Crippen LogP contribution in [0.4, 0.5) is 13.2 Å². The van der Waals surface area contributed by atoms with E-state index in [-0.39, 0.29) is 5.88 Å². The highest BCUT2D eigenvalue weighted by molar-refractivity contribution is 6.62. The molecule has 0 radical (unpaired) electrons. The van der Waals surface area contributed by atoms with Gasteiger partial charge in [-0.3, -0.25) is 0 Å². The number of pyridine rings is 1. The molecule has 0 bridgehead atoms. The van der Waals surface area contributed by atoms with E-state index >= 15 is 0 Å². The normalized spacial score (nSPS) is 20.3. The molecule has 0 saturated carbocycles. The number of rotatable bonds is 3. The molecule has 0 aliphatic carbocycles. The van der Waals surface area contributed by atoms with E-state index in [1.807, 2.05) is 27.7 Å². The summed E-state index contributed by atoms with van der Waals surface area (Å²) in [6.45, 7) is 8.10. The third-order valence-electron chi connectivity index (χ3n) is 4.02. The maximum Gasteiger partial charge on any atom is 0.496 e. The van der Waals surface area contributed by atoms with E-state index in [0.29, 0.717) is 11.0 Å². The molecule has 0 aromatic carbocycles. The number of aryl methyl sites for hydroxylation is 1. The molecule has 0 N–H and O–H groups in total. The molecule has 0 unspecified atom stereocenters. The number of nitrogens with zero attached hydrogens (tertiary/aromatic N) is 1. The predicted octanol–water partition coefficient (Wildman–Crippen LogP) is 2.63. The number of ether oxygens (including phenoxy) is 1. The molecule has 1 aliphatic heterocycles. The number of alkyl halides is 3. The zero-order valence-electron chi connectivity index (χ0n) is 13.2. The summed E-state index contributed by atoms with van der Waals surface area (Å²) in [5.41, 5.74) is 0.397. The van der Waals surface area contributed by atoms with Gasteiger partial charge in [-0.1, -0.05) is 0 Å². The average Bonchev–Trinajstić information content (AvgIpc) is 2.55. The summed E-state index contributed by atoms with van der Waals surface area (Å²) >= 11 is 0. The smallest absolute Gasteiger partial charge is 0.468 e. The summed E-state index contributed by atoms with van der Waals surface area (Å²) in [6.07, 6.45) is -2.96. The van der Waals surface area contributed by atoms with Crippen LogP contribution in [0.5, 0.6) is 5.88 Å². The van der Waals surface area contributed by atoms with Gasteiger partial charge in [-0.25, -0.2) is 4.98 Å². The first-order valence-corrected chi connectivity index (χ1v) is 6.93. The van der Waals surface area contributed by atoms with Gasteiger partial charge in [0, 0.05) is 17.7 Å². The topological polar surface area (TPSA) is 40.6 Å². The Kier molecular flexibility index (Phi) is 4.21. The molecule has 1 aromatic rings. The molecule has 22 heavy (non-hydrogen) atoms. The van der Waals surface area contributed by atoms with Crippen LogP contribution in [-0.2, 0) is 9.31 Å². The van der Waals surface area contributed by atoms with E-state index in [1.54, 1.807) is 6.92 Å². The Morgan fingerprint density at radius 2 is 1.73 bits per heavy atom. The van der Waals surface area contributed by atoms with Gasteiger partial charge in [0.2, 0.25) is 5.88 Å². The first-order chi connectivity index (χ1) is 9.91. The van der Waals surface area contributed by atoms with Gasteiger partial charge in [0.15, 0.2) is 6.61 Å². The number of aromatic nitrogens is 1. The van der Waals surface area contributed by atoms with Crippen LogP contribution in [0.15, 0.2) is 12.3 Å². The minimum atomic E-state index is -4.39. The van der Waals surface area contributed by atoms with Crippen molar-refractivity contribution in [3.63, 3.8) is 0 Å². The van der Waals surface area contributed by atoms with Gasteiger partial charge in [-0.2, -0.15) is 13.2 Å². The minimum absolute atomic E-state index is 0.0740. The third kappa shape index (κ3) is 3.55. The van der Waals surface area contributed by atoms with Gasteiger partial charge in [0.1, 0.15) is 0 Å². The molecular weight excluding hydrogens is 298 g/mol. The van der Waals surface area contributed by atoms with Crippen molar-refractivity contribution in [2.75, 3.05) is 6.61 Å². The van der Waals surface area contributed by atoms with Crippen LogP contribution in [0.2, 0.25) is 0 Å². The van der Waals surface area contributed by atoms with E-state index in [9.17, 15) is 13.2 Å². The first-order valence-electron chi connectivity index (χ1n) is 6.93. The lowest BCUT2D eigenvalue weighted by Crippen LogP contribution is -2.41. The van der Waals surface area contributed by atoms with Crippen LogP contribution in [0, 0.1) is 6.92 Å². The van der Waals surface area contributed by atoms with E-state index in [1.165, 1.54) is 12.3 Å². The molecule has 122 valence electrons. The van der Waals surface area contributed by atoms with Crippen molar-refractivity contribution < 1.29 is 27.2 Å². The zero-order chi connectivity index (χ0) is 16.8. The highest BCUT2D eigenvalue weighted by atomic mass is 19.4. The fourth-order valence-electron chi connectivity index (χ4n) is 1.99. The summed E-state index contributed by atoms with van der Waals surface area (Å²) < 4.78 is 52.9. The van der Waals surface area contributed by atoms with E-state index in [0.717, 1.165) is 0 Å². The summed E-state index contributed by atoms with van der Waals surface area (Å²) in [6, 6.07) is 1.45. The summed E-state index contributed by atoms with van der Waals surface area (Å²) in [7, 11) is -0.603. The van der Waals surface area contributed by atoms with Gasteiger partial charge >= 0.3 is 13.3 Å². The molecule has 0 amide bonds. The van der Waals surface area contributed by atoms with Crippen LogP contribution < -0.4 is 10.2 Å². The highest BCUT2D eigenvalue weighted by Crippen LogP contribution is 2.36. The van der Waals surface area contributed by atoms with Gasteiger partial charge < -0.3 is 14.0 Å². The number of hydrogen-bond donors (Lipinski definition) is 0. The molecule has 2 rings (SSSR count). The predicted molar refractivity (Wildman–Crippen MR) is 76.2 cm³/mol. The van der Waals surface area contributed by atoms with Crippen molar-refractivity contribution in [2.45, 2.75) is 52.0 Å². The summed E-state index contributed by atoms with van der Waals surface area (Å²) in [5.74, 6) is -0.0740. The zero-order valence-corrected chi connectivity index (χ0v) is 13.2. The number of hydrogen-bond acceptors (Lipinski definition) is 4. The Bertz CT molecular complexity index is 545. The SMILES string of the molecule is Cc1cc(OCC(F)(F)F)ncc1B1OC(C)(C)C(C)(C)O1. The van der Waals surface area contributed by atoms with Crippen molar-refractivity contribution >= 4 is 12.6 Å². The summed E-state index contributed by atoms with van der Waals surface area (Å²) in [5, 5.41) is 0. The van der Waals surface area contributed by atoms with Gasteiger partial charge in [0.25, 0.3) is 0 Å². The molecule has 4 nitrogen and oxygen atoms in total. The first kappa shape index (κ1) is 17.1. The number of halogens is 3. The molecule has 0 atom stereocenters. The fourth-order valence-corrected chi connectivity index (χ4v) is 1.99. The quantitative estimate of drug-likeness (QED) is 0.804. The van der Waals surface area contributed by atoms with Gasteiger partial charge in [0.05, 0.1) is 11.2 Å². The lowest BCUT2D eigenvalue weighted by atomic mass is 9.77. The lowest BCUT2D eigenvalue weighted by Gasteiger charge is -2.32. The highest BCUT2D eigenvalue weighted by Gasteiger charge is 2.52. The largest absolute Gasteiger partial charge is 0.496 e. The Hall–Kier alpha value is -1.28. The molecule has 2 heterocycles.